The Balaban J connectivity index is 1.78. The van der Waals surface area contributed by atoms with Gasteiger partial charge in [-0.15, -0.1) is 0 Å². The van der Waals surface area contributed by atoms with Crippen LogP contribution in [0.25, 0.3) is 0 Å². The van der Waals surface area contributed by atoms with Crippen molar-refractivity contribution in [3.8, 4) is 0 Å². The van der Waals surface area contributed by atoms with Crippen molar-refractivity contribution in [2.24, 2.45) is 0 Å². The van der Waals surface area contributed by atoms with E-state index in [2.05, 4.69) is 22.0 Å². The van der Waals surface area contributed by atoms with Gasteiger partial charge in [0, 0.05) is 24.0 Å². The van der Waals surface area contributed by atoms with Crippen LogP contribution in [-0.4, -0.2) is 55.0 Å². The van der Waals surface area contributed by atoms with Gasteiger partial charge in [-0.25, -0.2) is 0 Å². The van der Waals surface area contributed by atoms with Gasteiger partial charge in [0.25, 0.3) is 0 Å². The number of amides is 1. The first-order chi connectivity index (χ1) is 10.1. The lowest BCUT2D eigenvalue weighted by molar-refractivity contribution is -0.117. The van der Waals surface area contributed by atoms with Crippen LogP contribution in [0, 0.1) is 0 Å². The first kappa shape index (κ1) is 15.8. The Labute approximate surface area is 127 Å². The maximum Gasteiger partial charge on any atom is 0.238 e. The number of rotatable bonds is 6. The minimum absolute atomic E-state index is 0.0170. The quantitative estimate of drug-likeness (QED) is 0.782. The molecule has 1 saturated heterocycles. The molecule has 0 aliphatic carbocycles. The molecule has 5 heteroatoms. The number of nitrogens with zero attached hydrogens (tertiary/aromatic N) is 2. The van der Waals surface area contributed by atoms with E-state index in [-0.39, 0.29) is 5.91 Å². The lowest BCUT2D eigenvalue weighted by atomic mass is 10.2. The number of nitrogen functional groups attached to an aromatic ring is 1. The van der Waals surface area contributed by atoms with Gasteiger partial charge in [0.2, 0.25) is 5.91 Å². The van der Waals surface area contributed by atoms with Crippen LogP contribution in [0.2, 0.25) is 0 Å². The Morgan fingerprint density at radius 3 is 2.81 bits per heavy atom. The van der Waals surface area contributed by atoms with Gasteiger partial charge >= 0.3 is 0 Å². The van der Waals surface area contributed by atoms with E-state index in [0.717, 1.165) is 18.8 Å². The normalized spacial score (nSPS) is 19.1. The van der Waals surface area contributed by atoms with Crippen molar-refractivity contribution in [2.75, 3.05) is 44.3 Å². The maximum absolute atomic E-state index is 12.0. The molecule has 1 aromatic rings. The van der Waals surface area contributed by atoms with Gasteiger partial charge in [0.1, 0.15) is 0 Å². The molecule has 0 radical (unpaired) electrons. The molecule has 1 amide bonds. The molecule has 0 spiro atoms. The van der Waals surface area contributed by atoms with E-state index in [1.54, 1.807) is 12.1 Å². The second-order valence-corrected chi connectivity index (χ2v) is 5.79. The fourth-order valence-corrected chi connectivity index (χ4v) is 2.95. The molecule has 1 aliphatic heterocycles. The number of carbonyl (C=O) groups excluding carboxylic acids is 1. The van der Waals surface area contributed by atoms with Crippen LogP contribution in [-0.2, 0) is 4.79 Å². The summed E-state index contributed by atoms with van der Waals surface area (Å²) in [7, 11) is 2.01. The van der Waals surface area contributed by atoms with Crippen molar-refractivity contribution in [1.82, 2.24) is 9.80 Å². The summed E-state index contributed by atoms with van der Waals surface area (Å²) in [4.78, 5) is 16.6. The highest BCUT2D eigenvalue weighted by Crippen LogP contribution is 2.17. The third-order valence-electron chi connectivity index (χ3n) is 4.04. The number of nitrogens with two attached hydrogens (primary N) is 1. The summed E-state index contributed by atoms with van der Waals surface area (Å²) in [6.45, 7) is 5.84. The van der Waals surface area contributed by atoms with Crippen molar-refractivity contribution >= 4 is 17.3 Å². The Morgan fingerprint density at radius 2 is 2.14 bits per heavy atom. The number of carbonyl (C=O) groups is 1. The van der Waals surface area contributed by atoms with Gasteiger partial charge in [0.05, 0.1) is 6.54 Å². The summed E-state index contributed by atoms with van der Waals surface area (Å²) in [6, 6.07) is 7.81. The molecule has 5 nitrogen and oxygen atoms in total. The summed E-state index contributed by atoms with van der Waals surface area (Å²) >= 11 is 0. The molecule has 1 atom stereocenters. The summed E-state index contributed by atoms with van der Waals surface area (Å²) in [5, 5.41) is 2.90. The van der Waals surface area contributed by atoms with Crippen molar-refractivity contribution in [3.63, 3.8) is 0 Å². The van der Waals surface area contributed by atoms with Crippen LogP contribution < -0.4 is 11.1 Å². The minimum atomic E-state index is 0.0170. The molecule has 21 heavy (non-hydrogen) atoms. The molecular weight excluding hydrogens is 264 g/mol. The molecule has 2 rings (SSSR count). The van der Waals surface area contributed by atoms with Crippen LogP contribution in [0.4, 0.5) is 11.4 Å². The van der Waals surface area contributed by atoms with Gasteiger partial charge in [-0.3, -0.25) is 14.6 Å². The largest absolute Gasteiger partial charge is 0.399 e. The lowest BCUT2D eigenvalue weighted by Crippen LogP contribution is -2.41. The van der Waals surface area contributed by atoms with Crippen LogP contribution in [0.15, 0.2) is 24.3 Å². The van der Waals surface area contributed by atoms with E-state index in [1.165, 1.54) is 19.4 Å². The molecule has 1 unspecified atom stereocenters. The van der Waals surface area contributed by atoms with Crippen molar-refractivity contribution < 1.29 is 4.79 Å². The monoisotopic (exact) mass is 290 g/mol. The molecule has 0 aromatic heterocycles. The van der Waals surface area contributed by atoms with Crippen molar-refractivity contribution in [1.29, 1.82) is 0 Å². The predicted octanol–water partition coefficient (Wildman–Crippen LogP) is 1.62. The molecule has 1 aromatic carbocycles. The van der Waals surface area contributed by atoms with E-state index < -0.39 is 0 Å². The Hall–Kier alpha value is -1.59. The van der Waals surface area contributed by atoms with Crippen molar-refractivity contribution in [3.05, 3.63) is 24.3 Å². The second kappa shape index (κ2) is 7.43. The Morgan fingerprint density at radius 1 is 1.43 bits per heavy atom. The first-order valence-corrected chi connectivity index (χ1v) is 7.66. The molecule has 3 N–H and O–H groups in total. The zero-order valence-electron chi connectivity index (χ0n) is 13.0. The second-order valence-electron chi connectivity index (χ2n) is 5.79. The van der Waals surface area contributed by atoms with Gasteiger partial charge in [-0.05, 0) is 57.2 Å². The average molecular weight is 290 g/mol. The highest BCUT2D eigenvalue weighted by Gasteiger charge is 2.24. The molecule has 1 aliphatic rings. The van der Waals surface area contributed by atoms with Gasteiger partial charge < -0.3 is 11.1 Å². The van der Waals surface area contributed by atoms with Crippen LogP contribution in [0.5, 0.6) is 0 Å². The number of hydrogen-bond acceptors (Lipinski definition) is 4. The molecule has 1 fully saturated rings. The maximum atomic E-state index is 12.0. The molecule has 0 bridgehead atoms. The van der Waals surface area contributed by atoms with Crippen molar-refractivity contribution in [2.45, 2.75) is 25.8 Å². The number of likely N-dealkylation sites (N-methyl/N-ethyl adjacent to an activating group) is 2. The minimum Gasteiger partial charge on any atom is -0.399 e. The fourth-order valence-electron chi connectivity index (χ4n) is 2.95. The van der Waals surface area contributed by atoms with Gasteiger partial charge in [-0.2, -0.15) is 0 Å². The summed E-state index contributed by atoms with van der Waals surface area (Å²) in [5.41, 5.74) is 7.12. The Bertz CT molecular complexity index is 460. The van der Waals surface area contributed by atoms with Crippen LogP contribution in [0.3, 0.4) is 0 Å². The summed E-state index contributed by atoms with van der Waals surface area (Å²) < 4.78 is 0. The number of nitrogens with one attached hydrogen (secondary N) is 1. The standard InChI is InChI=1S/C16H26N4O/c1-3-20-10-4-5-15(20)11-19(2)12-16(21)18-14-8-6-13(17)7-9-14/h6-9,15H,3-5,10-12,17H2,1-2H3,(H,18,21). The first-order valence-electron chi connectivity index (χ1n) is 7.66. The summed E-state index contributed by atoms with van der Waals surface area (Å²) in [6.07, 6.45) is 2.50. The van der Waals surface area contributed by atoms with Crippen LogP contribution in [0.1, 0.15) is 19.8 Å². The molecule has 116 valence electrons. The van der Waals surface area contributed by atoms with E-state index in [1.807, 2.05) is 19.2 Å². The zero-order chi connectivity index (χ0) is 15.2. The van der Waals surface area contributed by atoms with E-state index in [9.17, 15) is 4.79 Å². The number of likely N-dealkylation sites (tertiary alicyclic amines) is 1. The fraction of sp³-hybridized carbons (Fsp3) is 0.562. The lowest BCUT2D eigenvalue weighted by Gasteiger charge is -2.27. The Kier molecular flexibility index (Phi) is 5.59. The van der Waals surface area contributed by atoms with E-state index in [4.69, 9.17) is 5.73 Å². The van der Waals surface area contributed by atoms with Crippen LogP contribution >= 0.6 is 0 Å². The van der Waals surface area contributed by atoms with E-state index in [0.29, 0.717) is 18.3 Å². The van der Waals surface area contributed by atoms with Gasteiger partial charge in [-0.1, -0.05) is 6.92 Å². The number of benzene rings is 1. The van der Waals surface area contributed by atoms with Gasteiger partial charge in [0.15, 0.2) is 0 Å². The third-order valence-corrected chi connectivity index (χ3v) is 4.04. The molecule has 1 heterocycles. The zero-order valence-corrected chi connectivity index (χ0v) is 13.0. The SMILES string of the molecule is CCN1CCCC1CN(C)CC(=O)Nc1ccc(N)cc1. The third kappa shape index (κ3) is 4.72. The number of hydrogen-bond donors (Lipinski definition) is 2. The topological polar surface area (TPSA) is 61.6 Å². The predicted molar refractivity (Wildman–Crippen MR) is 87.3 cm³/mol. The highest BCUT2D eigenvalue weighted by molar-refractivity contribution is 5.92. The number of anilines is 2. The highest BCUT2D eigenvalue weighted by atomic mass is 16.2. The summed E-state index contributed by atoms with van der Waals surface area (Å²) in [5.74, 6) is 0.0170. The smallest absolute Gasteiger partial charge is 0.238 e. The molecular formula is C16H26N4O. The average Bonchev–Trinajstić information content (AvgIpc) is 2.88. The molecule has 0 saturated carbocycles. The van der Waals surface area contributed by atoms with E-state index >= 15 is 0 Å².